The Balaban J connectivity index is 1.54. The van der Waals surface area contributed by atoms with Gasteiger partial charge in [0.25, 0.3) is 0 Å². The van der Waals surface area contributed by atoms with E-state index >= 15 is 0 Å². The first-order valence-electron chi connectivity index (χ1n) is 6.76. The van der Waals surface area contributed by atoms with Crippen molar-refractivity contribution in [2.24, 2.45) is 10.7 Å². The van der Waals surface area contributed by atoms with Gasteiger partial charge < -0.3 is 20.5 Å². The van der Waals surface area contributed by atoms with Crippen molar-refractivity contribution in [3.8, 4) is 11.5 Å². The minimum Gasteiger partial charge on any atom is -0.486 e. The number of nitrogens with zero attached hydrogens (tertiary/aromatic N) is 1. The maximum Gasteiger partial charge on any atom is 0.188 e. The van der Waals surface area contributed by atoms with E-state index in [0.717, 1.165) is 17.9 Å². The zero-order valence-electron chi connectivity index (χ0n) is 10.9. The van der Waals surface area contributed by atoms with Crippen LogP contribution in [0.25, 0.3) is 0 Å². The van der Waals surface area contributed by atoms with Crippen LogP contribution >= 0.6 is 0 Å². The third-order valence-electron chi connectivity index (χ3n) is 3.22. The lowest BCUT2D eigenvalue weighted by Crippen LogP contribution is -2.33. The molecule has 3 N–H and O–H groups in total. The predicted molar refractivity (Wildman–Crippen MR) is 73.8 cm³/mol. The molecule has 1 aromatic rings. The van der Waals surface area contributed by atoms with E-state index in [1.807, 2.05) is 18.2 Å². The zero-order chi connectivity index (χ0) is 13.1. The Morgan fingerprint density at radius 3 is 2.84 bits per heavy atom. The lowest BCUT2D eigenvalue weighted by molar-refractivity contribution is 0.171. The second-order valence-electron chi connectivity index (χ2n) is 4.91. The Morgan fingerprint density at radius 1 is 1.26 bits per heavy atom. The Kier molecular flexibility index (Phi) is 3.44. The molecular formula is C14H19N3O2. The normalized spacial score (nSPS) is 18.2. The van der Waals surface area contributed by atoms with Crippen LogP contribution in [0.15, 0.2) is 23.2 Å². The third kappa shape index (κ3) is 3.30. The Labute approximate surface area is 112 Å². The average Bonchev–Trinajstić information content (AvgIpc) is 3.22. The number of benzene rings is 1. The Bertz CT molecular complexity index is 484. The summed E-state index contributed by atoms with van der Waals surface area (Å²) in [6, 6.07) is 6.58. The minimum atomic E-state index is 0.554. The van der Waals surface area contributed by atoms with Crippen molar-refractivity contribution in [1.82, 2.24) is 5.32 Å². The van der Waals surface area contributed by atoms with E-state index in [1.165, 1.54) is 18.4 Å². The van der Waals surface area contributed by atoms with Crippen LogP contribution in [0.2, 0.25) is 0 Å². The molecule has 0 saturated heterocycles. The molecule has 0 spiro atoms. The molecule has 2 aliphatic rings. The van der Waals surface area contributed by atoms with E-state index in [0.29, 0.717) is 31.8 Å². The molecule has 1 aliphatic carbocycles. The molecule has 1 fully saturated rings. The fourth-order valence-corrected chi connectivity index (χ4v) is 2.03. The lowest BCUT2D eigenvalue weighted by Gasteiger charge is -2.18. The van der Waals surface area contributed by atoms with Crippen molar-refractivity contribution < 1.29 is 9.47 Å². The number of ether oxygens (including phenoxy) is 2. The van der Waals surface area contributed by atoms with Crippen LogP contribution in [-0.4, -0.2) is 31.8 Å². The summed E-state index contributed by atoms with van der Waals surface area (Å²) < 4.78 is 11.0. The van der Waals surface area contributed by atoms with E-state index in [-0.39, 0.29) is 0 Å². The van der Waals surface area contributed by atoms with Gasteiger partial charge >= 0.3 is 0 Å². The quantitative estimate of drug-likeness (QED) is 0.628. The van der Waals surface area contributed by atoms with Crippen LogP contribution in [0.4, 0.5) is 0 Å². The highest BCUT2D eigenvalue weighted by Crippen LogP contribution is 2.30. The molecule has 5 nitrogen and oxygen atoms in total. The summed E-state index contributed by atoms with van der Waals surface area (Å²) >= 11 is 0. The summed E-state index contributed by atoms with van der Waals surface area (Å²) in [5.41, 5.74) is 6.97. The lowest BCUT2D eigenvalue weighted by atomic mass is 10.1. The van der Waals surface area contributed by atoms with Gasteiger partial charge in [0.1, 0.15) is 13.2 Å². The summed E-state index contributed by atoms with van der Waals surface area (Å²) in [5.74, 6) is 2.21. The third-order valence-corrected chi connectivity index (χ3v) is 3.22. The number of hydrogen-bond donors (Lipinski definition) is 2. The molecule has 19 heavy (non-hydrogen) atoms. The zero-order valence-corrected chi connectivity index (χ0v) is 10.9. The molecule has 0 radical (unpaired) electrons. The van der Waals surface area contributed by atoms with Crippen molar-refractivity contribution in [2.45, 2.75) is 25.3 Å². The van der Waals surface area contributed by atoms with E-state index in [2.05, 4.69) is 10.3 Å². The van der Waals surface area contributed by atoms with E-state index in [1.54, 1.807) is 0 Å². The van der Waals surface area contributed by atoms with Gasteiger partial charge in [-0.1, -0.05) is 6.07 Å². The second kappa shape index (κ2) is 5.38. The molecule has 1 aromatic carbocycles. The minimum absolute atomic E-state index is 0.554. The summed E-state index contributed by atoms with van der Waals surface area (Å²) in [6.07, 6.45) is 3.26. The van der Waals surface area contributed by atoms with Crippen LogP contribution < -0.4 is 20.5 Å². The summed E-state index contributed by atoms with van der Waals surface area (Å²) in [5, 5.41) is 3.17. The van der Waals surface area contributed by atoms with Crippen LogP contribution in [0.1, 0.15) is 18.4 Å². The van der Waals surface area contributed by atoms with Crippen molar-refractivity contribution in [1.29, 1.82) is 0 Å². The molecule has 3 rings (SSSR count). The van der Waals surface area contributed by atoms with Gasteiger partial charge in [-0.3, -0.25) is 4.99 Å². The maximum absolute atomic E-state index is 5.78. The molecule has 1 saturated carbocycles. The highest BCUT2D eigenvalue weighted by atomic mass is 16.6. The monoisotopic (exact) mass is 261 g/mol. The SMILES string of the molecule is NC(=NCCc1ccc2c(c1)OCCO2)NC1CC1. The first-order valence-corrected chi connectivity index (χ1v) is 6.76. The van der Waals surface area contributed by atoms with Crippen molar-refractivity contribution >= 4 is 5.96 Å². The number of hydrogen-bond acceptors (Lipinski definition) is 3. The molecule has 0 atom stereocenters. The number of nitrogens with two attached hydrogens (primary N) is 1. The smallest absolute Gasteiger partial charge is 0.188 e. The number of guanidine groups is 1. The molecule has 0 aromatic heterocycles. The summed E-state index contributed by atoms with van der Waals surface area (Å²) in [4.78, 5) is 4.32. The highest BCUT2D eigenvalue weighted by molar-refractivity contribution is 5.78. The fourth-order valence-electron chi connectivity index (χ4n) is 2.03. The molecule has 0 bridgehead atoms. The predicted octanol–water partition coefficient (Wildman–Crippen LogP) is 1.07. The number of rotatable bonds is 4. The number of nitrogens with one attached hydrogen (secondary N) is 1. The van der Waals surface area contributed by atoms with Crippen molar-refractivity contribution in [3.63, 3.8) is 0 Å². The number of aliphatic imine (C=N–C) groups is 1. The highest BCUT2D eigenvalue weighted by Gasteiger charge is 2.21. The van der Waals surface area contributed by atoms with Crippen LogP contribution in [-0.2, 0) is 6.42 Å². The molecule has 0 amide bonds. The standard InChI is InChI=1S/C14H19N3O2/c15-14(17-11-2-3-11)16-6-5-10-1-4-12-13(9-10)19-8-7-18-12/h1,4,9,11H,2-3,5-8H2,(H3,15,16,17). The topological polar surface area (TPSA) is 68.9 Å². The summed E-state index contributed by atoms with van der Waals surface area (Å²) in [6.45, 7) is 1.93. The molecular weight excluding hydrogens is 242 g/mol. The van der Waals surface area contributed by atoms with Crippen LogP contribution in [0.5, 0.6) is 11.5 Å². The van der Waals surface area contributed by atoms with Gasteiger partial charge in [0.2, 0.25) is 0 Å². The van der Waals surface area contributed by atoms with Gasteiger partial charge in [0, 0.05) is 12.6 Å². The van der Waals surface area contributed by atoms with Crippen molar-refractivity contribution in [2.75, 3.05) is 19.8 Å². The average molecular weight is 261 g/mol. The molecule has 1 heterocycles. The van der Waals surface area contributed by atoms with Gasteiger partial charge in [-0.15, -0.1) is 0 Å². The first kappa shape index (κ1) is 12.1. The van der Waals surface area contributed by atoms with Gasteiger partial charge in [0.15, 0.2) is 17.5 Å². The van der Waals surface area contributed by atoms with E-state index in [4.69, 9.17) is 15.2 Å². The molecule has 5 heteroatoms. The molecule has 1 aliphatic heterocycles. The van der Waals surface area contributed by atoms with Gasteiger partial charge in [-0.2, -0.15) is 0 Å². The van der Waals surface area contributed by atoms with Gasteiger partial charge in [0.05, 0.1) is 0 Å². The van der Waals surface area contributed by atoms with Crippen LogP contribution in [0.3, 0.4) is 0 Å². The van der Waals surface area contributed by atoms with Crippen molar-refractivity contribution in [3.05, 3.63) is 23.8 Å². The maximum atomic E-state index is 5.78. The Morgan fingerprint density at radius 2 is 2.05 bits per heavy atom. The fraction of sp³-hybridized carbons (Fsp3) is 0.500. The van der Waals surface area contributed by atoms with Gasteiger partial charge in [-0.25, -0.2) is 0 Å². The molecule has 102 valence electrons. The summed E-state index contributed by atoms with van der Waals surface area (Å²) in [7, 11) is 0. The largest absolute Gasteiger partial charge is 0.486 e. The Hall–Kier alpha value is -1.91. The molecule has 0 unspecified atom stereocenters. The first-order chi connectivity index (χ1) is 9.31. The second-order valence-corrected chi connectivity index (χ2v) is 4.91. The van der Waals surface area contributed by atoms with Crippen LogP contribution in [0, 0.1) is 0 Å². The van der Waals surface area contributed by atoms with E-state index in [9.17, 15) is 0 Å². The van der Waals surface area contributed by atoms with E-state index < -0.39 is 0 Å². The number of fused-ring (bicyclic) bond motifs is 1. The van der Waals surface area contributed by atoms with Gasteiger partial charge in [-0.05, 0) is 37.0 Å².